The molecule has 0 spiro atoms. The summed E-state index contributed by atoms with van der Waals surface area (Å²) in [5.41, 5.74) is 9.20. The van der Waals surface area contributed by atoms with E-state index in [4.69, 9.17) is 10.6 Å². The van der Waals surface area contributed by atoms with Crippen LogP contribution in [0.1, 0.15) is 19.5 Å². The molecule has 2 atom stereocenters. The number of anilines is 1. The highest BCUT2D eigenvalue weighted by molar-refractivity contribution is 8.01. The third kappa shape index (κ3) is 5.09. The van der Waals surface area contributed by atoms with E-state index in [-0.39, 0.29) is 34.0 Å². The second kappa shape index (κ2) is 10.7. The Labute approximate surface area is 216 Å². The monoisotopic (exact) mass is 554 g/mol. The van der Waals surface area contributed by atoms with Gasteiger partial charge >= 0.3 is 5.97 Å². The number of carboxylic acid groups (broad SMARTS) is 1. The molecule has 192 valence electrons. The fourth-order valence-electron chi connectivity index (χ4n) is 3.44. The van der Waals surface area contributed by atoms with Gasteiger partial charge in [-0.2, -0.15) is 0 Å². The van der Waals surface area contributed by atoms with E-state index < -0.39 is 29.2 Å². The van der Waals surface area contributed by atoms with Gasteiger partial charge in [0.15, 0.2) is 10.8 Å². The number of hydrogen-bond acceptors (Lipinski definition) is 14. The SMILES string of the molecule is CO/N=C(\C(=O)N[C@@H]1C(=O)N2C(C(=O)O)=C(CSc3nnnn3NC(C)C)CS[C@@H]12)c1csc(N)n1. The zero-order valence-electron chi connectivity index (χ0n) is 19.2. The van der Waals surface area contributed by atoms with Gasteiger partial charge in [0.25, 0.3) is 11.8 Å². The van der Waals surface area contributed by atoms with Crippen molar-refractivity contribution in [2.45, 2.75) is 36.5 Å². The normalized spacial score (nSPS) is 19.7. The van der Waals surface area contributed by atoms with Crippen LogP contribution in [-0.2, 0) is 19.2 Å². The van der Waals surface area contributed by atoms with Gasteiger partial charge in [0, 0.05) is 22.9 Å². The molecule has 0 saturated carbocycles. The van der Waals surface area contributed by atoms with Crippen molar-refractivity contribution in [2.75, 3.05) is 29.8 Å². The van der Waals surface area contributed by atoms with Gasteiger partial charge in [-0.05, 0) is 29.8 Å². The Morgan fingerprint density at radius 1 is 1.44 bits per heavy atom. The van der Waals surface area contributed by atoms with Crippen LogP contribution in [0.25, 0.3) is 0 Å². The van der Waals surface area contributed by atoms with Crippen molar-refractivity contribution in [1.29, 1.82) is 0 Å². The Morgan fingerprint density at radius 2 is 2.22 bits per heavy atom. The minimum atomic E-state index is -1.23. The molecule has 2 aromatic heterocycles. The molecule has 1 saturated heterocycles. The summed E-state index contributed by atoms with van der Waals surface area (Å²) in [7, 11) is 1.27. The summed E-state index contributed by atoms with van der Waals surface area (Å²) in [5, 5.41) is 29.3. The lowest BCUT2D eigenvalue weighted by molar-refractivity contribution is -0.150. The smallest absolute Gasteiger partial charge is 0.352 e. The number of nitrogens with zero attached hydrogens (tertiary/aromatic N) is 7. The summed E-state index contributed by atoms with van der Waals surface area (Å²) < 4.78 is 0. The molecule has 4 heterocycles. The number of nitrogens with one attached hydrogen (secondary N) is 2. The van der Waals surface area contributed by atoms with Gasteiger partial charge < -0.3 is 26.4 Å². The Hall–Kier alpha value is -3.38. The lowest BCUT2D eigenvalue weighted by atomic mass is 10.0. The number of rotatable bonds is 10. The second-order valence-corrected chi connectivity index (χ2v) is 10.7. The molecule has 0 radical (unpaired) electrons. The van der Waals surface area contributed by atoms with E-state index in [9.17, 15) is 19.5 Å². The van der Waals surface area contributed by atoms with Gasteiger partial charge in [-0.1, -0.05) is 22.0 Å². The lowest BCUT2D eigenvalue weighted by Crippen LogP contribution is -2.71. The highest BCUT2D eigenvalue weighted by atomic mass is 32.2. The van der Waals surface area contributed by atoms with Crippen LogP contribution in [-0.4, -0.2) is 94.9 Å². The summed E-state index contributed by atoms with van der Waals surface area (Å²) in [6.45, 7) is 3.86. The number of aliphatic carboxylic acids is 1. The molecule has 5 N–H and O–H groups in total. The van der Waals surface area contributed by atoms with Gasteiger partial charge in [0.05, 0.1) is 0 Å². The van der Waals surface area contributed by atoms with Gasteiger partial charge in [-0.3, -0.25) is 14.5 Å². The Bertz CT molecular complexity index is 1240. The number of nitrogen functional groups attached to an aromatic ring is 1. The van der Waals surface area contributed by atoms with E-state index in [1.807, 2.05) is 13.8 Å². The highest BCUT2D eigenvalue weighted by Crippen LogP contribution is 2.41. The number of thiazole rings is 1. The number of fused-ring (bicyclic) bond motifs is 1. The van der Waals surface area contributed by atoms with Crippen LogP contribution in [0, 0.1) is 0 Å². The van der Waals surface area contributed by atoms with Gasteiger partial charge in [-0.25, -0.2) is 9.78 Å². The molecule has 2 amide bonds. The molecular formula is C18H22N10O5S3. The number of nitrogens with two attached hydrogens (primary N) is 1. The number of amides is 2. The molecule has 0 aromatic carbocycles. The maximum atomic E-state index is 13.0. The Kier molecular flexibility index (Phi) is 7.65. The molecule has 2 aliphatic rings. The topological polar surface area (TPSA) is 203 Å². The number of oxime groups is 1. The van der Waals surface area contributed by atoms with E-state index in [2.05, 4.69) is 36.4 Å². The molecule has 2 aliphatic heterocycles. The zero-order valence-corrected chi connectivity index (χ0v) is 21.7. The molecule has 2 aromatic rings. The van der Waals surface area contributed by atoms with Crippen molar-refractivity contribution < 1.29 is 24.3 Å². The third-order valence-electron chi connectivity index (χ3n) is 4.90. The first-order valence-electron chi connectivity index (χ1n) is 10.4. The maximum Gasteiger partial charge on any atom is 0.352 e. The first-order valence-corrected chi connectivity index (χ1v) is 13.3. The largest absolute Gasteiger partial charge is 0.477 e. The standard InChI is InChI=1S/C18H22N10O5S3/c1-7(2)23-28-18(22-25-26-28)36-5-8-4-34-15-11(14(30)27(15)12(8)16(31)32)21-13(29)10(24-33-3)9-6-35-17(19)20-9/h6-7,11,15,23H,4-5H2,1-3H3,(H2,19,20)(H,21,29)(H,31,32)/b24-10-/t11-,15+/m1/s1. The number of carboxylic acids is 1. The summed E-state index contributed by atoms with van der Waals surface area (Å²) >= 11 is 3.72. The van der Waals surface area contributed by atoms with Crippen molar-refractivity contribution >= 4 is 63.5 Å². The van der Waals surface area contributed by atoms with Crippen LogP contribution in [0.2, 0.25) is 0 Å². The number of thioether (sulfide) groups is 2. The number of tetrazole rings is 1. The van der Waals surface area contributed by atoms with Crippen LogP contribution < -0.4 is 16.5 Å². The number of carbonyl (C=O) groups is 3. The van der Waals surface area contributed by atoms with Crippen molar-refractivity contribution in [3.05, 3.63) is 22.3 Å². The maximum absolute atomic E-state index is 13.0. The van der Waals surface area contributed by atoms with Crippen LogP contribution in [0.5, 0.6) is 0 Å². The first kappa shape index (κ1) is 25.7. The molecule has 0 bridgehead atoms. The van der Waals surface area contributed by atoms with Gasteiger partial charge in [0.1, 0.15) is 29.9 Å². The highest BCUT2D eigenvalue weighted by Gasteiger charge is 2.54. The number of hydrogen-bond donors (Lipinski definition) is 4. The first-order chi connectivity index (χ1) is 17.2. The predicted molar refractivity (Wildman–Crippen MR) is 133 cm³/mol. The van der Waals surface area contributed by atoms with E-state index in [1.165, 1.54) is 40.3 Å². The summed E-state index contributed by atoms with van der Waals surface area (Å²) in [4.78, 5) is 49.3. The van der Waals surface area contributed by atoms with Gasteiger partial charge in [-0.15, -0.1) is 27.9 Å². The third-order valence-corrected chi connectivity index (χ3v) is 7.91. The van der Waals surface area contributed by atoms with E-state index >= 15 is 0 Å². The van der Waals surface area contributed by atoms with Crippen LogP contribution in [0.15, 0.2) is 27.0 Å². The van der Waals surface area contributed by atoms with Crippen LogP contribution in [0.3, 0.4) is 0 Å². The van der Waals surface area contributed by atoms with E-state index in [1.54, 1.807) is 5.38 Å². The average molecular weight is 555 g/mol. The fraction of sp³-hybridized carbons (Fsp3) is 0.444. The Morgan fingerprint density at radius 3 is 2.86 bits per heavy atom. The van der Waals surface area contributed by atoms with Crippen molar-refractivity contribution in [3.63, 3.8) is 0 Å². The number of aromatic nitrogens is 5. The summed E-state index contributed by atoms with van der Waals surface area (Å²) in [6.07, 6.45) is 0. The van der Waals surface area contributed by atoms with Crippen LogP contribution >= 0.6 is 34.9 Å². The number of β-lactam (4-membered cyclic amide) rings is 1. The molecule has 15 nitrogen and oxygen atoms in total. The van der Waals surface area contributed by atoms with Crippen molar-refractivity contribution in [3.8, 4) is 0 Å². The molecule has 0 unspecified atom stereocenters. The minimum absolute atomic E-state index is 0.0841. The quantitative estimate of drug-likeness (QED) is 0.127. The molecule has 4 rings (SSSR count). The summed E-state index contributed by atoms with van der Waals surface area (Å²) in [5.74, 6) is -1.85. The zero-order chi connectivity index (χ0) is 26.0. The predicted octanol–water partition coefficient (Wildman–Crippen LogP) is -0.455. The van der Waals surface area contributed by atoms with Crippen molar-refractivity contribution in [2.24, 2.45) is 5.16 Å². The van der Waals surface area contributed by atoms with Crippen LogP contribution in [0.4, 0.5) is 5.13 Å². The molecular weight excluding hydrogens is 532 g/mol. The molecule has 18 heteroatoms. The molecule has 0 aliphatic carbocycles. The average Bonchev–Trinajstić information content (AvgIpc) is 3.46. The fourth-order valence-corrected chi connectivity index (χ4v) is 6.31. The number of carbonyl (C=O) groups excluding carboxylic acids is 2. The van der Waals surface area contributed by atoms with E-state index in [0.717, 1.165) is 11.3 Å². The molecule has 1 fully saturated rings. The summed E-state index contributed by atoms with van der Waals surface area (Å²) in [6, 6.07) is -0.854. The lowest BCUT2D eigenvalue weighted by Gasteiger charge is -2.49. The van der Waals surface area contributed by atoms with E-state index in [0.29, 0.717) is 16.5 Å². The Balaban J connectivity index is 1.48. The minimum Gasteiger partial charge on any atom is -0.477 e. The second-order valence-electron chi connectivity index (χ2n) is 7.76. The van der Waals surface area contributed by atoms with Crippen molar-refractivity contribution in [1.82, 2.24) is 35.5 Å². The van der Waals surface area contributed by atoms with Gasteiger partial charge in [0.2, 0.25) is 5.16 Å². The molecule has 36 heavy (non-hydrogen) atoms.